The summed E-state index contributed by atoms with van der Waals surface area (Å²) in [5, 5.41) is 4.09. The number of carbonyl (C=O) groups is 1. The molecule has 3 rings (SSSR count). The van der Waals surface area contributed by atoms with Gasteiger partial charge in [-0.3, -0.25) is 4.90 Å². The molecule has 4 heteroatoms. The molecule has 1 N–H and O–H groups in total. The number of urea groups is 1. The van der Waals surface area contributed by atoms with E-state index in [0.717, 1.165) is 27.8 Å². The lowest BCUT2D eigenvalue weighted by atomic mass is 10.2. The van der Waals surface area contributed by atoms with Crippen LogP contribution in [0.2, 0.25) is 0 Å². The van der Waals surface area contributed by atoms with Gasteiger partial charge in [0.15, 0.2) is 0 Å². The zero-order chi connectivity index (χ0) is 16.4. The summed E-state index contributed by atoms with van der Waals surface area (Å²) < 4.78 is 2.02. The third kappa shape index (κ3) is 2.93. The van der Waals surface area contributed by atoms with Gasteiger partial charge in [-0.15, -0.1) is 0 Å². The first kappa shape index (κ1) is 15.2. The lowest BCUT2D eigenvalue weighted by molar-refractivity contribution is 0.257. The van der Waals surface area contributed by atoms with Crippen molar-refractivity contribution in [1.29, 1.82) is 0 Å². The smallest absolute Gasteiger partial charge is 0.326 e. The van der Waals surface area contributed by atoms with Gasteiger partial charge in [-0.2, -0.15) is 0 Å². The molecule has 4 nitrogen and oxygen atoms in total. The summed E-state index contributed by atoms with van der Waals surface area (Å²) in [4.78, 5) is 14.5. The van der Waals surface area contributed by atoms with Gasteiger partial charge in [0.1, 0.15) is 0 Å². The number of benzene rings is 2. The van der Waals surface area contributed by atoms with E-state index in [1.54, 1.807) is 4.90 Å². The number of aromatic nitrogens is 1. The maximum Gasteiger partial charge on any atom is 0.326 e. The fourth-order valence-electron chi connectivity index (χ4n) is 2.86. The predicted molar refractivity (Wildman–Crippen MR) is 96.1 cm³/mol. The summed E-state index contributed by atoms with van der Waals surface area (Å²) >= 11 is 0. The Kier molecular flexibility index (Phi) is 4.06. The van der Waals surface area contributed by atoms with Gasteiger partial charge in [0, 0.05) is 36.4 Å². The molecule has 0 atom stereocenters. The van der Waals surface area contributed by atoms with E-state index >= 15 is 0 Å². The molecule has 0 aliphatic carbocycles. The highest BCUT2D eigenvalue weighted by Crippen LogP contribution is 2.26. The van der Waals surface area contributed by atoms with Crippen LogP contribution in [-0.4, -0.2) is 17.1 Å². The highest BCUT2D eigenvalue weighted by Gasteiger charge is 2.16. The fourth-order valence-corrected chi connectivity index (χ4v) is 2.86. The molecule has 0 bridgehead atoms. The number of fused-ring (bicyclic) bond motifs is 1. The van der Waals surface area contributed by atoms with Crippen LogP contribution < -0.4 is 10.2 Å². The van der Waals surface area contributed by atoms with Crippen molar-refractivity contribution in [2.45, 2.75) is 13.8 Å². The third-order valence-corrected chi connectivity index (χ3v) is 4.01. The van der Waals surface area contributed by atoms with Gasteiger partial charge in [0.05, 0.1) is 5.69 Å². The summed E-state index contributed by atoms with van der Waals surface area (Å²) in [6.07, 6.45) is 1.95. The van der Waals surface area contributed by atoms with Gasteiger partial charge < -0.3 is 9.88 Å². The number of hydrogen-bond acceptors (Lipinski definition) is 1. The van der Waals surface area contributed by atoms with Crippen LogP contribution >= 0.6 is 0 Å². The first-order valence-corrected chi connectivity index (χ1v) is 7.79. The van der Waals surface area contributed by atoms with Crippen molar-refractivity contribution in [2.24, 2.45) is 7.05 Å². The van der Waals surface area contributed by atoms with Gasteiger partial charge in [0.2, 0.25) is 0 Å². The molecule has 3 aromatic rings. The van der Waals surface area contributed by atoms with Gasteiger partial charge in [-0.25, -0.2) is 4.79 Å². The minimum Gasteiger partial charge on any atom is -0.348 e. The monoisotopic (exact) mass is 307 g/mol. The normalized spacial score (nSPS) is 10.7. The molecule has 2 aromatic carbocycles. The molecule has 23 heavy (non-hydrogen) atoms. The Bertz CT molecular complexity index is 851. The number of amides is 2. The molecule has 0 aliphatic heterocycles. The van der Waals surface area contributed by atoms with Crippen molar-refractivity contribution in [2.75, 3.05) is 16.8 Å². The number of nitrogens with one attached hydrogen (secondary N) is 1. The first-order valence-electron chi connectivity index (χ1n) is 7.79. The molecule has 1 aromatic heterocycles. The zero-order valence-corrected chi connectivity index (χ0v) is 13.7. The van der Waals surface area contributed by atoms with E-state index in [4.69, 9.17) is 0 Å². The summed E-state index contributed by atoms with van der Waals surface area (Å²) in [5.74, 6) is 0. The van der Waals surface area contributed by atoms with Crippen molar-refractivity contribution in [3.63, 3.8) is 0 Å². The van der Waals surface area contributed by atoms with Crippen LogP contribution in [0.15, 0.2) is 54.7 Å². The molecule has 2 amide bonds. The van der Waals surface area contributed by atoms with E-state index in [2.05, 4.69) is 5.32 Å². The Morgan fingerprint density at radius 2 is 1.96 bits per heavy atom. The molecule has 118 valence electrons. The number of para-hydroxylation sites is 1. The van der Waals surface area contributed by atoms with Crippen LogP contribution in [0.25, 0.3) is 10.9 Å². The largest absolute Gasteiger partial charge is 0.348 e. The topological polar surface area (TPSA) is 37.3 Å². The number of rotatable bonds is 3. The molecule has 0 unspecified atom stereocenters. The van der Waals surface area contributed by atoms with Crippen molar-refractivity contribution in [3.05, 3.63) is 60.3 Å². The van der Waals surface area contributed by atoms with Crippen molar-refractivity contribution < 1.29 is 4.79 Å². The second kappa shape index (κ2) is 6.16. The molecule has 0 saturated heterocycles. The fraction of sp³-hybridized carbons (Fsp3) is 0.211. The highest BCUT2D eigenvalue weighted by atomic mass is 16.2. The van der Waals surface area contributed by atoms with E-state index in [-0.39, 0.29) is 6.03 Å². The van der Waals surface area contributed by atoms with E-state index in [9.17, 15) is 4.79 Å². The SMILES string of the molecule is CCN(C(=O)Nc1cn(C)c2ccccc12)c1cccc(C)c1. The van der Waals surface area contributed by atoms with Crippen LogP contribution in [0, 0.1) is 6.92 Å². The number of carbonyl (C=O) groups excluding carboxylic acids is 1. The Morgan fingerprint density at radius 1 is 1.17 bits per heavy atom. The van der Waals surface area contributed by atoms with E-state index < -0.39 is 0 Å². The van der Waals surface area contributed by atoms with Gasteiger partial charge in [-0.05, 0) is 37.6 Å². The number of nitrogens with zero attached hydrogens (tertiary/aromatic N) is 2. The lowest BCUT2D eigenvalue weighted by Crippen LogP contribution is -2.34. The molecule has 1 heterocycles. The minimum absolute atomic E-state index is 0.116. The number of aryl methyl sites for hydroxylation is 2. The summed E-state index contributed by atoms with van der Waals surface area (Å²) in [6.45, 7) is 4.62. The molecule has 0 fully saturated rings. The second-order valence-electron chi connectivity index (χ2n) is 5.68. The summed E-state index contributed by atoms with van der Waals surface area (Å²) in [6, 6.07) is 15.9. The van der Waals surface area contributed by atoms with E-state index in [0.29, 0.717) is 6.54 Å². The average molecular weight is 307 g/mol. The number of hydrogen-bond donors (Lipinski definition) is 1. The Balaban J connectivity index is 1.90. The van der Waals surface area contributed by atoms with Crippen molar-refractivity contribution in [1.82, 2.24) is 4.57 Å². The Morgan fingerprint density at radius 3 is 2.70 bits per heavy atom. The summed E-state index contributed by atoms with van der Waals surface area (Å²) in [5.41, 5.74) is 3.98. The Labute approximate surface area is 136 Å². The van der Waals surface area contributed by atoms with E-state index in [1.165, 1.54) is 0 Å². The van der Waals surface area contributed by atoms with Gasteiger partial charge in [-0.1, -0.05) is 30.3 Å². The van der Waals surface area contributed by atoms with Gasteiger partial charge in [0.25, 0.3) is 0 Å². The molecule has 0 aliphatic rings. The van der Waals surface area contributed by atoms with Crippen LogP contribution in [0.1, 0.15) is 12.5 Å². The third-order valence-electron chi connectivity index (χ3n) is 4.01. The maximum atomic E-state index is 12.7. The quantitative estimate of drug-likeness (QED) is 0.757. The van der Waals surface area contributed by atoms with Crippen LogP contribution in [0.5, 0.6) is 0 Å². The predicted octanol–water partition coefficient (Wildman–Crippen LogP) is 4.55. The molecular formula is C19H21N3O. The molecule has 0 radical (unpaired) electrons. The van der Waals surface area contributed by atoms with Crippen LogP contribution in [0.4, 0.5) is 16.2 Å². The van der Waals surface area contributed by atoms with Gasteiger partial charge >= 0.3 is 6.03 Å². The summed E-state index contributed by atoms with van der Waals surface area (Å²) in [7, 11) is 1.98. The highest BCUT2D eigenvalue weighted by molar-refractivity contribution is 6.07. The number of anilines is 2. The lowest BCUT2D eigenvalue weighted by Gasteiger charge is -2.21. The van der Waals surface area contributed by atoms with Crippen LogP contribution in [0.3, 0.4) is 0 Å². The molecular weight excluding hydrogens is 286 g/mol. The minimum atomic E-state index is -0.116. The average Bonchev–Trinajstić information content (AvgIpc) is 2.85. The second-order valence-corrected chi connectivity index (χ2v) is 5.68. The Hall–Kier alpha value is -2.75. The molecule has 0 spiro atoms. The maximum absolute atomic E-state index is 12.7. The van der Waals surface area contributed by atoms with Crippen molar-refractivity contribution in [3.8, 4) is 0 Å². The first-order chi connectivity index (χ1) is 11.1. The molecule has 0 saturated carbocycles. The van der Waals surface area contributed by atoms with E-state index in [1.807, 2.05) is 80.2 Å². The van der Waals surface area contributed by atoms with Crippen LogP contribution in [-0.2, 0) is 7.05 Å². The standard InChI is InChI=1S/C19H21N3O/c1-4-22(15-9-7-8-14(2)12-15)19(23)20-17-13-21(3)18-11-6-5-10-16(17)18/h5-13H,4H2,1-3H3,(H,20,23). The zero-order valence-electron chi connectivity index (χ0n) is 13.7. The van der Waals surface area contributed by atoms with Crippen molar-refractivity contribution >= 4 is 28.3 Å².